The van der Waals surface area contributed by atoms with Crippen molar-refractivity contribution in [1.82, 2.24) is 4.67 Å². The van der Waals surface area contributed by atoms with Crippen LogP contribution in [0.1, 0.15) is 50.8 Å². The number of hydrogen-bond donors (Lipinski definition) is 0. The summed E-state index contributed by atoms with van der Waals surface area (Å²) in [5.74, 6) is 3.77. The first-order valence-corrected chi connectivity index (χ1v) is 19.5. The van der Waals surface area contributed by atoms with Crippen molar-refractivity contribution in [1.29, 1.82) is 5.26 Å². The number of benzene rings is 3. The van der Waals surface area contributed by atoms with Crippen LogP contribution in [-0.4, -0.2) is 78.0 Å². The van der Waals surface area contributed by atoms with Gasteiger partial charge in [0, 0.05) is 0 Å². The van der Waals surface area contributed by atoms with Gasteiger partial charge < -0.3 is 0 Å². The monoisotopic (exact) mass is 714 g/mol. The molecular formula is C36H47N2O6PSe. The number of methoxy groups -OCH3 is 2. The Morgan fingerprint density at radius 1 is 0.891 bits per heavy atom. The molecule has 3 aromatic carbocycles. The molecule has 0 saturated carbocycles. The summed E-state index contributed by atoms with van der Waals surface area (Å²) >= 11 is 0.274. The topological polar surface area (TPSA) is 82.4 Å². The fourth-order valence-electron chi connectivity index (χ4n) is 5.81. The third-order valence-electron chi connectivity index (χ3n) is 8.02. The van der Waals surface area contributed by atoms with E-state index in [1.54, 1.807) is 14.2 Å². The SMILES string of the molecule is COc1ccc(C(OC[C@H]2OCC([Se]C)[C@H]2OP(OCCC#N)N(C(C)C)C(C)C)(c2ccccc2)c2ccc(OC)cc2)cc1. The van der Waals surface area contributed by atoms with E-state index in [2.05, 4.69) is 80.7 Å². The molecule has 0 aliphatic carbocycles. The van der Waals surface area contributed by atoms with Crippen molar-refractivity contribution in [3.05, 3.63) is 95.6 Å². The van der Waals surface area contributed by atoms with Crippen LogP contribution in [0.3, 0.4) is 0 Å². The summed E-state index contributed by atoms with van der Waals surface area (Å²) in [5, 5.41) is 9.20. The third-order valence-corrected chi connectivity index (χ3v) is 12.3. The minimum absolute atomic E-state index is 0.201. The zero-order valence-electron chi connectivity index (χ0n) is 27.9. The number of ether oxygens (including phenoxy) is 4. The van der Waals surface area contributed by atoms with Gasteiger partial charge in [0.15, 0.2) is 0 Å². The Morgan fingerprint density at radius 3 is 1.91 bits per heavy atom. The molecule has 0 aromatic heterocycles. The minimum atomic E-state index is -1.44. The second-order valence-electron chi connectivity index (χ2n) is 11.6. The summed E-state index contributed by atoms with van der Waals surface area (Å²) in [6.45, 7) is 9.81. The molecule has 1 aliphatic heterocycles. The average molecular weight is 714 g/mol. The summed E-state index contributed by atoms with van der Waals surface area (Å²) in [6, 6.07) is 29.0. The van der Waals surface area contributed by atoms with Crippen molar-refractivity contribution >= 4 is 23.5 Å². The third kappa shape index (κ3) is 8.50. The van der Waals surface area contributed by atoms with Gasteiger partial charge in [-0.05, 0) is 0 Å². The molecule has 1 fully saturated rings. The summed E-state index contributed by atoms with van der Waals surface area (Å²) in [5.41, 5.74) is 1.96. The van der Waals surface area contributed by atoms with Gasteiger partial charge in [-0.15, -0.1) is 0 Å². The van der Waals surface area contributed by atoms with E-state index in [1.807, 2.05) is 42.5 Å². The van der Waals surface area contributed by atoms with Crippen molar-refractivity contribution in [3.8, 4) is 17.6 Å². The Balaban J connectivity index is 1.74. The zero-order valence-corrected chi connectivity index (χ0v) is 30.5. The Morgan fingerprint density at radius 2 is 1.43 bits per heavy atom. The van der Waals surface area contributed by atoms with E-state index in [1.165, 1.54) is 0 Å². The summed E-state index contributed by atoms with van der Waals surface area (Å²) in [4.78, 5) is 0.236. The molecule has 0 N–H and O–H groups in total. The molecule has 10 heteroatoms. The van der Waals surface area contributed by atoms with E-state index >= 15 is 0 Å². The van der Waals surface area contributed by atoms with Crippen LogP contribution in [0, 0.1) is 11.3 Å². The number of rotatable bonds is 17. The Bertz CT molecular complexity index is 1310. The fraction of sp³-hybridized carbons (Fsp3) is 0.472. The van der Waals surface area contributed by atoms with Crippen molar-refractivity contribution in [2.75, 3.05) is 34.0 Å². The number of nitrogens with zero attached hydrogens (tertiary/aromatic N) is 2. The van der Waals surface area contributed by atoms with Crippen LogP contribution in [0.25, 0.3) is 0 Å². The molecule has 248 valence electrons. The van der Waals surface area contributed by atoms with E-state index in [0.717, 1.165) is 28.2 Å². The van der Waals surface area contributed by atoms with Gasteiger partial charge in [0.2, 0.25) is 0 Å². The molecule has 4 atom stereocenters. The van der Waals surface area contributed by atoms with Gasteiger partial charge in [0.05, 0.1) is 0 Å². The van der Waals surface area contributed by atoms with Crippen LogP contribution in [0.2, 0.25) is 10.6 Å². The molecule has 46 heavy (non-hydrogen) atoms. The van der Waals surface area contributed by atoms with Gasteiger partial charge in [0.25, 0.3) is 0 Å². The molecule has 8 nitrogen and oxygen atoms in total. The molecule has 1 aliphatic rings. The van der Waals surface area contributed by atoms with E-state index in [0.29, 0.717) is 19.6 Å². The van der Waals surface area contributed by atoms with Crippen LogP contribution < -0.4 is 9.47 Å². The quantitative estimate of drug-likeness (QED) is 0.0612. The first-order valence-electron chi connectivity index (χ1n) is 15.7. The van der Waals surface area contributed by atoms with Crippen molar-refractivity contribution in [2.45, 2.75) is 74.6 Å². The maximum absolute atomic E-state index is 9.20. The van der Waals surface area contributed by atoms with Gasteiger partial charge in [-0.25, -0.2) is 0 Å². The predicted molar refractivity (Wildman–Crippen MR) is 183 cm³/mol. The first kappa shape index (κ1) is 36.3. The van der Waals surface area contributed by atoms with E-state index < -0.39 is 14.1 Å². The molecule has 0 amide bonds. The molecule has 2 unspecified atom stereocenters. The molecular weight excluding hydrogens is 666 g/mol. The van der Waals surface area contributed by atoms with Crippen LogP contribution in [-0.2, 0) is 24.1 Å². The van der Waals surface area contributed by atoms with Crippen molar-refractivity contribution < 1.29 is 28.0 Å². The van der Waals surface area contributed by atoms with Crippen LogP contribution in [0.5, 0.6) is 11.5 Å². The van der Waals surface area contributed by atoms with E-state index in [-0.39, 0.29) is 50.7 Å². The Kier molecular flexibility index (Phi) is 13.9. The summed E-state index contributed by atoms with van der Waals surface area (Å²) in [7, 11) is 1.90. The van der Waals surface area contributed by atoms with E-state index in [9.17, 15) is 5.26 Å². The molecule has 1 heterocycles. The normalized spacial score (nSPS) is 19.0. The standard InChI is InChI=1S/C36H47N2O6PSe/c1-26(2)38(27(3)4)45(43-23-11-22-37)44-35-33(41-25-34(35)46-7)24-42-36(28-12-9-8-10-13-28,29-14-18-31(39-5)19-15-29)30-16-20-32(40-6)21-17-30/h8-10,12-21,26-27,33-35H,11,23-25H2,1-7H3/t33-,34?,35+,45?/m1/s1. The molecule has 0 spiro atoms. The Labute approximate surface area is 282 Å². The maximum atomic E-state index is 9.20. The summed E-state index contributed by atoms with van der Waals surface area (Å²) < 4.78 is 40.2. The van der Waals surface area contributed by atoms with Crippen molar-refractivity contribution in [3.63, 3.8) is 0 Å². The van der Waals surface area contributed by atoms with Gasteiger partial charge in [-0.2, -0.15) is 0 Å². The predicted octanol–water partition coefficient (Wildman–Crippen LogP) is 7.61. The Hall–Kier alpha value is -2.50. The molecule has 0 radical (unpaired) electrons. The molecule has 4 rings (SSSR count). The van der Waals surface area contributed by atoms with Crippen LogP contribution >= 0.6 is 8.53 Å². The molecule has 3 aromatic rings. The van der Waals surface area contributed by atoms with Gasteiger partial charge in [-0.3, -0.25) is 0 Å². The first-order chi connectivity index (χ1) is 22.3. The second-order valence-corrected chi connectivity index (χ2v) is 15.2. The van der Waals surface area contributed by atoms with E-state index in [4.69, 9.17) is 28.0 Å². The number of nitriles is 1. The van der Waals surface area contributed by atoms with Gasteiger partial charge in [0.1, 0.15) is 0 Å². The fourth-order valence-corrected chi connectivity index (χ4v) is 9.29. The van der Waals surface area contributed by atoms with Gasteiger partial charge >= 0.3 is 283 Å². The van der Waals surface area contributed by atoms with Crippen LogP contribution in [0.4, 0.5) is 0 Å². The number of hydrogen-bond acceptors (Lipinski definition) is 8. The molecule has 1 saturated heterocycles. The average Bonchev–Trinajstić information content (AvgIpc) is 3.46. The summed E-state index contributed by atoms with van der Waals surface area (Å²) in [6.07, 6.45) is -0.236. The molecule has 0 bridgehead atoms. The van der Waals surface area contributed by atoms with Gasteiger partial charge in [-0.1, -0.05) is 0 Å². The van der Waals surface area contributed by atoms with Crippen LogP contribution in [0.15, 0.2) is 78.9 Å². The zero-order chi connectivity index (χ0) is 33.1. The van der Waals surface area contributed by atoms with Crippen molar-refractivity contribution in [2.24, 2.45) is 0 Å². The second kappa shape index (κ2) is 17.6.